The van der Waals surface area contributed by atoms with E-state index in [1.165, 1.54) is 38.5 Å². The molecule has 1 aliphatic rings. The summed E-state index contributed by atoms with van der Waals surface area (Å²) in [5.41, 5.74) is -0.666. The first-order chi connectivity index (χ1) is 10.8. The van der Waals surface area contributed by atoms with Crippen molar-refractivity contribution in [3.63, 3.8) is 0 Å². The smallest absolute Gasteiger partial charge is 0.408 e. The molecule has 0 bridgehead atoms. The number of carbonyl (C=O) groups is 1. The summed E-state index contributed by atoms with van der Waals surface area (Å²) in [5.74, 6) is 0.896. The fraction of sp³-hybridized carbons (Fsp3) is 0.947. The molecule has 0 spiro atoms. The van der Waals surface area contributed by atoms with Gasteiger partial charge in [0.15, 0.2) is 0 Å². The van der Waals surface area contributed by atoms with Gasteiger partial charge in [-0.25, -0.2) is 4.79 Å². The minimum absolute atomic E-state index is 0.213. The average Bonchev–Trinajstić information content (AvgIpc) is 2.49. The molecule has 0 unspecified atom stereocenters. The molecule has 1 saturated carbocycles. The second-order valence-corrected chi connectivity index (χ2v) is 8.08. The van der Waals surface area contributed by atoms with Crippen molar-refractivity contribution in [2.24, 2.45) is 5.92 Å². The first-order valence-corrected chi connectivity index (χ1v) is 9.52. The largest absolute Gasteiger partial charge is 0.444 e. The molecule has 23 heavy (non-hydrogen) atoms. The van der Waals surface area contributed by atoms with E-state index in [1.807, 2.05) is 20.8 Å². The lowest BCUT2D eigenvalue weighted by atomic mass is 9.87. The molecule has 0 aliphatic heterocycles. The van der Waals surface area contributed by atoms with Crippen LogP contribution in [0.3, 0.4) is 0 Å². The number of nitrogens with one attached hydrogen (secondary N) is 2. The number of carbonyl (C=O) groups excluding carboxylic acids is 1. The van der Waals surface area contributed by atoms with E-state index in [2.05, 4.69) is 24.5 Å². The number of rotatable bonds is 8. The predicted octanol–water partition coefficient (Wildman–Crippen LogP) is 4.63. The van der Waals surface area contributed by atoms with E-state index >= 15 is 0 Å². The first-order valence-electron chi connectivity index (χ1n) is 9.52. The molecule has 4 heteroatoms. The van der Waals surface area contributed by atoms with Gasteiger partial charge in [-0.15, -0.1) is 0 Å². The monoisotopic (exact) mass is 326 g/mol. The van der Waals surface area contributed by atoms with Gasteiger partial charge in [-0.2, -0.15) is 0 Å². The molecule has 1 fully saturated rings. The van der Waals surface area contributed by atoms with Crippen LogP contribution in [0.15, 0.2) is 0 Å². The van der Waals surface area contributed by atoms with Crippen molar-refractivity contribution in [3.8, 4) is 0 Å². The molecule has 4 nitrogen and oxygen atoms in total. The van der Waals surface area contributed by atoms with Crippen LogP contribution in [0.25, 0.3) is 0 Å². The Kier molecular flexibility index (Phi) is 8.38. The SMILES string of the molecule is CCC(CC)(CNCCC1CCCCC1)NC(=O)OC(C)(C)C. The van der Waals surface area contributed by atoms with E-state index in [-0.39, 0.29) is 11.6 Å². The summed E-state index contributed by atoms with van der Waals surface area (Å²) < 4.78 is 5.42. The van der Waals surface area contributed by atoms with Crippen LogP contribution in [-0.4, -0.2) is 30.3 Å². The van der Waals surface area contributed by atoms with Crippen molar-refractivity contribution in [2.75, 3.05) is 13.1 Å². The minimum atomic E-state index is -0.453. The summed E-state index contributed by atoms with van der Waals surface area (Å²) in [4.78, 5) is 12.1. The van der Waals surface area contributed by atoms with E-state index in [0.29, 0.717) is 0 Å². The Morgan fingerprint density at radius 3 is 2.22 bits per heavy atom. The van der Waals surface area contributed by atoms with Crippen molar-refractivity contribution in [1.29, 1.82) is 0 Å². The van der Waals surface area contributed by atoms with Crippen LogP contribution in [0.1, 0.15) is 86.0 Å². The zero-order valence-electron chi connectivity index (χ0n) is 16.0. The van der Waals surface area contributed by atoms with E-state index in [0.717, 1.165) is 31.8 Å². The molecule has 1 rings (SSSR count). The average molecular weight is 327 g/mol. The summed E-state index contributed by atoms with van der Waals surface area (Å²) in [6, 6.07) is 0. The molecule has 2 N–H and O–H groups in total. The van der Waals surface area contributed by atoms with Gasteiger partial charge in [-0.1, -0.05) is 46.0 Å². The lowest BCUT2D eigenvalue weighted by Gasteiger charge is -2.34. The highest BCUT2D eigenvalue weighted by Gasteiger charge is 2.30. The lowest BCUT2D eigenvalue weighted by molar-refractivity contribution is 0.0446. The molecule has 0 saturated heterocycles. The molecule has 1 amide bonds. The third kappa shape index (κ3) is 8.05. The van der Waals surface area contributed by atoms with E-state index < -0.39 is 5.60 Å². The Morgan fingerprint density at radius 1 is 1.09 bits per heavy atom. The molecule has 136 valence electrons. The Labute approximate surface area is 143 Å². The fourth-order valence-electron chi connectivity index (χ4n) is 3.35. The zero-order valence-corrected chi connectivity index (χ0v) is 16.0. The maximum Gasteiger partial charge on any atom is 0.408 e. The topological polar surface area (TPSA) is 50.4 Å². The highest BCUT2D eigenvalue weighted by molar-refractivity contribution is 5.68. The maximum atomic E-state index is 12.1. The molecule has 0 atom stereocenters. The van der Waals surface area contributed by atoms with Gasteiger partial charge in [-0.05, 0) is 52.5 Å². The fourth-order valence-corrected chi connectivity index (χ4v) is 3.35. The normalized spacial score (nSPS) is 17.1. The van der Waals surface area contributed by atoms with Gasteiger partial charge in [0, 0.05) is 6.54 Å². The molecule has 1 aliphatic carbocycles. The van der Waals surface area contributed by atoms with Crippen molar-refractivity contribution < 1.29 is 9.53 Å². The summed E-state index contributed by atoms with van der Waals surface area (Å²) in [5, 5.41) is 6.67. The minimum Gasteiger partial charge on any atom is -0.444 e. The molecule has 0 heterocycles. The summed E-state index contributed by atoms with van der Waals surface area (Å²) in [7, 11) is 0. The second-order valence-electron chi connectivity index (χ2n) is 8.08. The summed E-state index contributed by atoms with van der Waals surface area (Å²) >= 11 is 0. The van der Waals surface area contributed by atoms with Gasteiger partial charge < -0.3 is 15.4 Å². The van der Waals surface area contributed by atoms with Gasteiger partial charge in [0.2, 0.25) is 0 Å². The maximum absolute atomic E-state index is 12.1. The van der Waals surface area contributed by atoms with Crippen LogP contribution >= 0.6 is 0 Å². The summed E-state index contributed by atoms with van der Waals surface area (Å²) in [6.45, 7) is 11.8. The Balaban J connectivity index is 2.38. The molecule has 0 aromatic carbocycles. The van der Waals surface area contributed by atoms with Crippen LogP contribution < -0.4 is 10.6 Å². The molecular weight excluding hydrogens is 288 g/mol. The van der Waals surface area contributed by atoms with Crippen LogP contribution in [0, 0.1) is 5.92 Å². The first kappa shape index (κ1) is 20.3. The van der Waals surface area contributed by atoms with Crippen LogP contribution in [0.5, 0.6) is 0 Å². The van der Waals surface area contributed by atoms with Gasteiger partial charge in [-0.3, -0.25) is 0 Å². The molecule has 0 aromatic rings. The van der Waals surface area contributed by atoms with Crippen LogP contribution in [-0.2, 0) is 4.74 Å². The second kappa shape index (κ2) is 9.51. The van der Waals surface area contributed by atoms with Gasteiger partial charge >= 0.3 is 6.09 Å². The van der Waals surface area contributed by atoms with Crippen molar-refractivity contribution in [1.82, 2.24) is 10.6 Å². The zero-order chi connectivity index (χ0) is 17.3. The van der Waals surface area contributed by atoms with Crippen molar-refractivity contribution in [2.45, 2.75) is 97.1 Å². The van der Waals surface area contributed by atoms with Gasteiger partial charge in [0.1, 0.15) is 5.60 Å². The number of ether oxygens (including phenoxy) is 1. The van der Waals surface area contributed by atoms with Gasteiger partial charge in [0.05, 0.1) is 5.54 Å². The Hall–Kier alpha value is -0.770. The highest BCUT2D eigenvalue weighted by atomic mass is 16.6. The van der Waals surface area contributed by atoms with Gasteiger partial charge in [0.25, 0.3) is 0 Å². The number of alkyl carbamates (subject to hydrolysis) is 1. The third-order valence-electron chi connectivity index (χ3n) is 5.04. The van der Waals surface area contributed by atoms with E-state index in [1.54, 1.807) is 0 Å². The quantitative estimate of drug-likeness (QED) is 0.639. The molecule has 0 radical (unpaired) electrons. The van der Waals surface area contributed by atoms with Crippen molar-refractivity contribution >= 4 is 6.09 Å². The van der Waals surface area contributed by atoms with Crippen LogP contribution in [0.4, 0.5) is 4.79 Å². The number of amides is 1. The molecular formula is C19H38N2O2. The van der Waals surface area contributed by atoms with E-state index in [4.69, 9.17) is 4.74 Å². The number of hydrogen-bond acceptors (Lipinski definition) is 3. The Morgan fingerprint density at radius 2 is 1.70 bits per heavy atom. The summed E-state index contributed by atoms with van der Waals surface area (Å²) in [6.07, 6.45) is 9.76. The standard InChI is InChI=1S/C19H38N2O2/c1-6-19(7-2,21-17(22)23-18(3,4)5)15-20-14-13-16-11-9-8-10-12-16/h16,20H,6-15H2,1-5H3,(H,21,22). The predicted molar refractivity (Wildman–Crippen MR) is 96.7 cm³/mol. The Bertz CT molecular complexity index is 340. The van der Waals surface area contributed by atoms with Crippen LogP contribution in [0.2, 0.25) is 0 Å². The molecule has 0 aromatic heterocycles. The number of hydrogen-bond donors (Lipinski definition) is 2. The third-order valence-corrected chi connectivity index (χ3v) is 5.04. The highest BCUT2D eigenvalue weighted by Crippen LogP contribution is 2.25. The lowest BCUT2D eigenvalue weighted by Crippen LogP contribution is -2.55. The van der Waals surface area contributed by atoms with E-state index in [9.17, 15) is 4.79 Å². The van der Waals surface area contributed by atoms with Crippen molar-refractivity contribution in [3.05, 3.63) is 0 Å².